The van der Waals surface area contributed by atoms with Gasteiger partial charge in [-0.3, -0.25) is 0 Å². The van der Waals surface area contributed by atoms with E-state index >= 15 is 0 Å². The van der Waals surface area contributed by atoms with Crippen molar-refractivity contribution in [1.29, 1.82) is 0 Å². The average Bonchev–Trinajstić information content (AvgIpc) is 2.84. The number of aryl methyl sites for hydroxylation is 1. The van der Waals surface area contributed by atoms with E-state index in [4.69, 9.17) is 5.73 Å². The van der Waals surface area contributed by atoms with Crippen molar-refractivity contribution in [2.45, 2.75) is 31.2 Å². The molecule has 84 valence electrons. The van der Waals surface area contributed by atoms with Crippen LogP contribution >= 0.6 is 15.9 Å². The molecule has 4 heteroatoms. The first-order valence-corrected chi connectivity index (χ1v) is 6.37. The SMILES string of the molecule is NC1(CCc2cc3c(Br)cccn3n2)CC1. The summed E-state index contributed by atoms with van der Waals surface area (Å²) in [6.45, 7) is 0. The van der Waals surface area contributed by atoms with Crippen LogP contribution in [0.4, 0.5) is 0 Å². The predicted molar refractivity (Wildman–Crippen MR) is 67.4 cm³/mol. The number of rotatable bonds is 3. The molecule has 3 rings (SSSR count). The van der Waals surface area contributed by atoms with Crippen LogP contribution < -0.4 is 5.73 Å². The highest BCUT2D eigenvalue weighted by Gasteiger charge is 2.37. The Kier molecular flexibility index (Phi) is 2.30. The highest BCUT2D eigenvalue weighted by molar-refractivity contribution is 9.10. The van der Waals surface area contributed by atoms with E-state index in [1.54, 1.807) is 0 Å². The summed E-state index contributed by atoms with van der Waals surface area (Å²) in [4.78, 5) is 0. The molecule has 16 heavy (non-hydrogen) atoms. The third kappa shape index (κ3) is 1.87. The zero-order valence-electron chi connectivity index (χ0n) is 8.99. The second-order valence-electron chi connectivity index (χ2n) is 4.68. The summed E-state index contributed by atoms with van der Waals surface area (Å²) < 4.78 is 3.00. The molecule has 0 aromatic carbocycles. The van der Waals surface area contributed by atoms with Gasteiger partial charge in [0, 0.05) is 16.2 Å². The molecule has 1 fully saturated rings. The van der Waals surface area contributed by atoms with Crippen LogP contribution in [0.5, 0.6) is 0 Å². The van der Waals surface area contributed by atoms with Gasteiger partial charge >= 0.3 is 0 Å². The van der Waals surface area contributed by atoms with Crippen molar-refractivity contribution in [3.8, 4) is 0 Å². The number of nitrogens with zero attached hydrogens (tertiary/aromatic N) is 2. The van der Waals surface area contributed by atoms with Gasteiger partial charge in [0.15, 0.2) is 0 Å². The van der Waals surface area contributed by atoms with Gasteiger partial charge in [0.2, 0.25) is 0 Å². The van der Waals surface area contributed by atoms with Gasteiger partial charge in [-0.2, -0.15) is 5.10 Å². The Balaban J connectivity index is 1.85. The van der Waals surface area contributed by atoms with Crippen molar-refractivity contribution >= 4 is 21.4 Å². The summed E-state index contributed by atoms with van der Waals surface area (Å²) in [7, 11) is 0. The molecule has 0 radical (unpaired) electrons. The highest BCUT2D eigenvalue weighted by Crippen LogP contribution is 2.36. The summed E-state index contributed by atoms with van der Waals surface area (Å²) >= 11 is 3.53. The second-order valence-corrected chi connectivity index (χ2v) is 5.54. The monoisotopic (exact) mass is 279 g/mol. The molecule has 2 aromatic rings. The van der Waals surface area contributed by atoms with Crippen LogP contribution in [0.2, 0.25) is 0 Å². The van der Waals surface area contributed by atoms with E-state index in [1.165, 1.54) is 12.8 Å². The number of aromatic nitrogens is 2. The Morgan fingerprint density at radius 2 is 2.31 bits per heavy atom. The molecule has 0 atom stereocenters. The molecule has 0 aliphatic heterocycles. The van der Waals surface area contributed by atoms with Crippen molar-refractivity contribution in [1.82, 2.24) is 9.61 Å². The maximum Gasteiger partial charge on any atom is 0.0806 e. The van der Waals surface area contributed by atoms with Gasteiger partial charge in [0.25, 0.3) is 0 Å². The average molecular weight is 280 g/mol. The van der Waals surface area contributed by atoms with Gasteiger partial charge in [0.05, 0.1) is 11.2 Å². The lowest BCUT2D eigenvalue weighted by molar-refractivity contribution is 0.601. The van der Waals surface area contributed by atoms with E-state index in [1.807, 2.05) is 22.8 Å². The zero-order chi connectivity index (χ0) is 11.2. The van der Waals surface area contributed by atoms with E-state index in [9.17, 15) is 0 Å². The predicted octanol–water partition coefficient (Wildman–Crippen LogP) is 2.52. The third-order valence-corrected chi connectivity index (χ3v) is 3.94. The Morgan fingerprint density at radius 3 is 3.00 bits per heavy atom. The number of nitrogens with two attached hydrogens (primary N) is 1. The van der Waals surface area contributed by atoms with Gasteiger partial charge < -0.3 is 5.73 Å². The molecular weight excluding hydrogens is 266 g/mol. The minimum absolute atomic E-state index is 0.118. The zero-order valence-corrected chi connectivity index (χ0v) is 10.6. The minimum atomic E-state index is 0.118. The standard InChI is InChI=1S/C12H14BrN3/c13-10-2-1-7-16-11(10)8-9(15-16)3-4-12(14)5-6-12/h1-2,7-8H,3-6,14H2. The number of halogens is 1. The first-order chi connectivity index (χ1) is 7.66. The summed E-state index contributed by atoms with van der Waals surface area (Å²) in [5.41, 5.74) is 8.45. The Bertz CT molecular complexity index is 528. The normalized spacial score (nSPS) is 17.9. The molecule has 2 aromatic heterocycles. The van der Waals surface area contributed by atoms with Gasteiger partial charge in [0.1, 0.15) is 0 Å². The summed E-state index contributed by atoms with van der Waals surface area (Å²) in [5, 5.41) is 4.54. The topological polar surface area (TPSA) is 43.3 Å². The molecule has 1 saturated carbocycles. The molecule has 1 aliphatic rings. The smallest absolute Gasteiger partial charge is 0.0806 e. The number of hydrogen-bond donors (Lipinski definition) is 1. The second kappa shape index (κ2) is 3.57. The fourth-order valence-corrected chi connectivity index (χ4v) is 2.39. The molecule has 0 bridgehead atoms. The van der Waals surface area contributed by atoms with Crippen LogP contribution in [-0.4, -0.2) is 15.2 Å². The van der Waals surface area contributed by atoms with E-state index in [2.05, 4.69) is 27.1 Å². The number of fused-ring (bicyclic) bond motifs is 1. The fraction of sp³-hybridized carbons (Fsp3) is 0.417. The Hall–Kier alpha value is -0.870. The van der Waals surface area contributed by atoms with E-state index < -0.39 is 0 Å². The van der Waals surface area contributed by atoms with Crippen molar-refractivity contribution in [3.05, 3.63) is 34.6 Å². The Morgan fingerprint density at radius 1 is 1.50 bits per heavy atom. The lowest BCUT2D eigenvalue weighted by atomic mass is 10.1. The molecule has 0 unspecified atom stereocenters. The van der Waals surface area contributed by atoms with Gasteiger partial charge in [-0.05, 0) is 59.8 Å². The van der Waals surface area contributed by atoms with Crippen molar-refractivity contribution < 1.29 is 0 Å². The molecule has 0 spiro atoms. The van der Waals surface area contributed by atoms with Gasteiger partial charge in [-0.1, -0.05) is 0 Å². The van der Waals surface area contributed by atoms with Crippen molar-refractivity contribution in [3.63, 3.8) is 0 Å². The number of hydrogen-bond acceptors (Lipinski definition) is 2. The van der Waals surface area contributed by atoms with E-state index in [0.29, 0.717) is 0 Å². The van der Waals surface area contributed by atoms with Crippen LogP contribution in [0, 0.1) is 0 Å². The van der Waals surface area contributed by atoms with Gasteiger partial charge in [-0.25, -0.2) is 4.52 Å². The number of pyridine rings is 1. The van der Waals surface area contributed by atoms with Crippen LogP contribution in [0.25, 0.3) is 5.52 Å². The van der Waals surface area contributed by atoms with Crippen molar-refractivity contribution in [2.75, 3.05) is 0 Å². The lowest BCUT2D eigenvalue weighted by Crippen LogP contribution is -2.22. The summed E-state index contributed by atoms with van der Waals surface area (Å²) in [6, 6.07) is 6.15. The first-order valence-electron chi connectivity index (χ1n) is 5.58. The fourth-order valence-electron chi connectivity index (χ4n) is 1.94. The molecule has 2 heterocycles. The minimum Gasteiger partial charge on any atom is -0.325 e. The molecule has 1 aliphatic carbocycles. The summed E-state index contributed by atoms with van der Waals surface area (Å²) in [6.07, 6.45) is 6.34. The third-order valence-electron chi connectivity index (χ3n) is 3.27. The quantitative estimate of drug-likeness (QED) is 0.938. The molecule has 3 nitrogen and oxygen atoms in total. The van der Waals surface area contributed by atoms with Crippen molar-refractivity contribution in [2.24, 2.45) is 5.73 Å². The maximum atomic E-state index is 6.07. The van der Waals surface area contributed by atoms with Gasteiger partial charge in [-0.15, -0.1) is 0 Å². The highest BCUT2D eigenvalue weighted by atomic mass is 79.9. The summed E-state index contributed by atoms with van der Waals surface area (Å²) in [5.74, 6) is 0. The van der Waals surface area contributed by atoms with E-state index in [-0.39, 0.29) is 5.54 Å². The maximum absolute atomic E-state index is 6.07. The first kappa shape index (κ1) is 10.3. The van der Waals surface area contributed by atoms with Crippen LogP contribution in [0.15, 0.2) is 28.9 Å². The largest absolute Gasteiger partial charge is 0.325 e. The van der Waals surface area contributed by atoms with Crippen LogP contribution in [0.3, 0.4) is 0 Å². The Labute approximate surface area is 103 Å². The van der Waals surface area contributed by atoms with Crippen LogP contribution in [0.1, 0.15) is 25.0 Å². The lowest BCUT2D eigenvalue weighted by Gasteiger charge is -2.04. The molecule has 2 N–H and O–H groups in total. The van der Waals surface area contributed by atoms with E-state index in [0.717, 1.165) is 28.5 Å². The molecule has 0 amide bonds. The van der Waals surface area contributed by atoms with Crippen LogP contribution in [-0.2, 0) is 6.42 Å². The molecular formula is C12H14BrN3. The molecule has 0 saturated heterocycles.